The molecule has 0 atom stereocenters. The van der Waals surface area contributed by atoms with Gasteiger partial charge >= 0.3 is 16.1 Å². The summed E-state index contributed by atoms with van der Waals surface area (Å²) in [6.45, 7) is 1.60. The maximum atomic E-state index is 12.0. The van der Waals surface area contributed by atoms with E-state index in [-0.39, 0.29) is 5.56 Å². The molecule has 28 heavy (non-hydrogen) atoms. The molecule has 1 N–H and O–H groups in total. The van der Waals surface area contributed by atoms with Crippen LogP contribution in [0.2, 0.25) is 0 Å². The second kappa shape index (κ2) is 9.75. The molecule has 0 aliphatic rings. The van der Waals surface area contributed by atoms with Crippen LogP contribution in [0.3, 0.4) is 0 Å². The van der Waals surface area contributed by atoms with E-state index < -0.39 is 36.0 Å². The van der Waals surface area contributed by atoms with Crippen LogP contribution < -0.4 is 4.90 Å². The zero-order valence-electron chi connectivity index (χ0n) is 15.7. The monoisotopic (exact) mass is 431 g/mol. The zero-order valence-corrected chi connectivity index (χ0v) is 17.3. The van der Waals surface area contributed by atoms with E-state index in [0.717, 1.165) is 12.1 Å². The van der Waals surface area contributed by atoms with E-state index in [2.05, 4.69) is 30.4 Å². The molecule has 2 rings (SSSR count). The van der Waals surface area contributed by atoms with Gasteiger partial charge in [0.1, 0.15) is 15.0 Å². The minimum Gasteiger partial charge on any atom is -0.744 e. The van der Waals surface area contributed by atoms with Crippen LogP contribution in [0, 0.1) is 6.92 Å². The van der Waals surface area contributed by atoms with Gasteiger partial charge in [-0.15, -0.1) is 0 Å². The van der Waals surface area contributed by atoms with Crippen molar-refractivity contribution in [3.63, 3.8) is 0 Å². The summed E-state index contributed by atoms with van der Waals surface area (Å²) in [5.74, 6) is -1.08. The normalized spacial score (nSPS) is 11.5. The van der Waals surface area contributed by atoms with E-state index in [9.17, 15) is 26.2 Å². The van der Waals surface area contributed by atoms with E-state index in [4.69, 9.17) is 0 Å². The van der Waals surface area contributed by atoms with Crippen molar-refractivity contribution in [1.29, 1.82) is 0 Å². The van der Waals surface area contributed by atoms with E-state index in [0.29, 0.717) is 5.56 Å². The third kappa shape index (κ3) is 7.02. The SMILES string of the molecule is C[NH+](C)C.Cc1ccccc1C(=O)OOS(=O)(=O)c1ccccc1S(=O)(=O)[O-]. The number of hydrogen-bond acceptors (Lipinski definition) is 8. The van der Waals surface area contributed by atoms with Gasteiger partial charge in [0.05, 0.1) is 31.6 Å². The lowest BCUT2D eigenvalue weighted by atomic mass is 10.1. The largest absolute Gasteiger partial charge is 0.744 e. The molecule has 9 nitrogen and oxygen atoms in total. The molecule has 11 heteroatoms. The van der Waals surface area contributed by atoms with Gasteiger partial charge in [0.15, 0.2) is 0 Å². The Labute approximate surface area is 164 Å². The Morgan fingerprint density at radius 2 is 1.36 bits per heavy atom. The average molecular weight is 431 g/mol. The van der Waals surface area contributed by atoms with E-state index in [1.807, 2.05) is 0 Å². The van der Waals surface area contributed by atoms with Gasteiger partial charge in [0, 0.05) is 0 Å². The molecule has 0 fully saturated rings. The maximum absolute atomic E-state index is 12.0. The van der Waals surface area contributed by atoms with Crippen LogP contribution in [0.25, 0.3) is 0 Å². The summed E-state index contributed by atoms with van der Waals surface area (Å²) in [6, 6.07) is 10.2. The van der Waals surface area contributed by atoms with Crippen LogP contribution in [0.1, 0.15) is 15.9 Å². The minimum absolute atomic E-state index is 0.0671. The third-order valence-electron chi connectivity index (χ3n) is 2.95. The number of benzene rings is 2. The van der Waals surface area contributed by atoms with Crippen molar-refractivity contribution < 1.29 is 40.3 Å². The highest BCUT2D eigenvalue weighted by Gasteiger charge is 2.25. The summed E-state index contributed by atoms with van der Waals surface area (Å²) in [5, 5.41) is 0. The lowest BCUT2D eigenvalue weighted by molar-refractivity contribution is -0.836. The summed E-state index contributed by atoms with van der Waals surface area (Å²) < 4.78 is 61.5. The summed E-state index contributed by atoms with van der Waals surface area (Å²) in [5.41, 5.74) is 0.587. The van der Waals surface area contributed by atoms with Gasteiger partial charge in [0.2, 0.25) is 0 Å². The first-order valence-corrected chi connectivity index (χ1v) is 10.7. The second-order valence-corrected chi connectivity index (χ2v) is 8.94. The van der Waals surface area contributed by atoms with E-state index in [1.165, 1.54) is 29.2 Å². The predicted molar refractivity (Wildman–Crippen MR) is 98.0 cm³/mol. The average Bonchev–Trinajstić information content (AvgIpc) is 2.59. The Balaban J connectivity index is 0.000000892. The van der Waals surface area contributed by atoms with Gasteiger partial charge in [-0.25, -0.2) is 13.2 Å². The maximum Gasteiger partial charge on any atom is 0.374 e. The lowest BCUT2D eigenvalue weighted by Gasteiger charge is -2.12. The van der Waals surface area contributed by atoms with Gasteiger partial charge in [-0.3, -0.25) is 4.89 Å². The van der Waals surface area contributed by atoms with Crippen LogP contribution >= 0.6 is 0 Å². The molecule has 154 valence electrons. The molecular weight excluding hydrogens is 410 g/mol. The summed E-state index contributed by atoms with van der Waals surface area (Å²) >= 11 is 0. The topological polar surface area (TPSA) is 131 Å². The highest BCUT2D eigenvalue weighted by molar-refractivity contribution is 7.89. The summed E-state index contributed by atoms with van der Waals surface area (Å²) in [4.78, 5) is 15.6. The Morgan fingerprint density at radius 1 is 0.893 bits per heavy atom. The van der Waals surface area contributed by atoms with Crippen molar-refractivity contribution in [3.8, 4) is 0 Å². The molecule has 2 aromatic rings. The summed E-state index contributed by atoms with van der Waals surface area (Å²) in [7, 11) is -3.63. The molecule has 0 aromatic heterocycles. The third-order valence-corrected chi connectivity index (χ3v) is 5.12. The minimum atomic E-state index is -5.06. The molecule has 0 spiro atoms. The molecule has 0 amide bonds. The number of hydrogen-bond donors (Lipinski definition) is 1. The van der Waals surface area contributed by atoms with Crippen molar-refractivity contribution in [2.75, 3.05) is 21.1 Å². The van der Waals surface area contributed by atoms with Gasteiger partial charge in [-0.05, 0) is 35.0 Å². The van der Waals surface area contributed by atoms with Crippen molar-refractivity contribution in [2.24, 2.45) is 0 Å². The molecule has 2 aromatic carbocycles. The number of rotatable bonds is 5. The second-order valence-electron chi connectivity index (χ2n) is 6.11. The fourth-order valence-corrected chi connectivity index (χ4v) is 3.78. The zero-order chi connectivity index (χ0) is 21.5. The fraction of sp³-hybridized carbons (Fsp3) is 0.235. The van der Waals surface area contributed by atoms with Crippen LogP contribution in [0.5, 0.6) is 0 Å². The number of quaternary nitrogens is 1. The van der Waals surface area contributed by atoms with Gasteiger partial charge < -0.3 is 9.45 Å². The molecule has 0 bridgehead atoms. The Hall–Kier alpha value is -2.31. The summed E-state index contributed by atoms with van der Waals surface area (Å²) in [6.07, 6.45) is 0. The molecule has 0 saturated heterocycles. The molecule has 0 heterocycles. The number of aryl methyl sites for hydroxylation is 1. The highest BCUT2D eigenvalue weighted by atomic mass is 32.2. The Bertz CT molecular complexity index is 1030. The van der Waals surface area contributed by atoms with Crippen molar-refractivity contribution >= 4 is 26.2 Å². The molecule has 0 aliphatic carbocycles. The van der Waals surface area contributed by atoms with Crippen LogP contribution in [-0.4, -0.2) is 48.5 Å². The van der Waals surface area contributed by atoms with Crippen molar-refractivity contribution in [1.82, 2.24) is 0 Å². The predicted octanol–water partition coefficient (Wildman–Crippen LogP) is 0.137. The number of carbonyl (C=O) groups excluding carboxylic acids is 1. The smallest absolute Gasteiger partial charge is 0.374 e. The number of carbonyl (C=O) groups is 1. The standard InChI is InChI=1S/C14H12O8S2.C3H9N/c1-10-6-2-3-7-11(10)14(15)21-22-24(19,20)13-9-5-4-8-12(13)23(16,17)18;1-4(2)3/h2-9H,1H3,(H,16,17,18);1-3H3. The van der Waals surface area contributed by atoms with Crippen LogP contribution in [-0.2, 0) is 29.5 Å². The molecule has 0 radical (unpaired) electrons. The number of nitrogens with one attached hydrogen (secondary N) is 1. The fourth-order valence-electron chi connectivity index (χ4n) is 1.82. The molecule has 0 aliphatic heterocycles. The van der Waals surface area contributed by atoms with Gasteiger partial charge in [-0.1, -0.05) is 30.3 Å². The van der Waals surface area contributed by atoms with Crippen molar-refractivity contribution in [2.45, 2.75) is 16.7 Å². The molecular formula is C17H21NO8S2. The molecule has 0 unspecified atom stereocenters. The van der Waals surface area contributed by atoms with Gasteiger partial charge in [-0.2, -0.15) is 8.42 Å². The Kier molecular flexibility index (Phi) is 8.27. The van der Waals surface area contributed by atoms with E-state index >= 15 is 0 Å². The van der Waals surface area contributed by atoms with Crippen LogP contribution in [0.15, 0.2) is 58.3 Å². The van der Waals surface area contributed by atoms with Crippen molar-refractivity contribution in [3.05, 3.63) is 59.7 Å². The first-order valence-electron chi connectivity index (χ1n) is 7.89. The first kappa shape index (κ1) is 23.7. The highest BCUT2D eigenvalue weighted by Crippen LogP contribution is 2.22. The van der Waals surface area contributed by atoms with E-state index in [1.54, 1.807) is 19.1 Å². The van der Waals surface area contributed by atoms with Crippen LogP contribution in [0.4, 0.5) is 0 Å². The molecule has 0 saturated carbocycles. The first-order chi connectivity index (χ1) is 12.9. The van der Waals surface area contributed by atoms with Gasteiger partial charge in [0.25, 0.3) is 0 Å². The Morgan fingerprint density at radius 3 is 1.86 bits per heavy atom. The quantitative estimate of drug-likeness (QED) is 0.402. The lowest BCUT2D eigenvalue weighted by Crippen LogP contribution is -3.02.